The number of nitrogens with zero attached hydrogens (tertiary/aromatic N) is 1. The maximum Gasteiger partial charge on any atom is 0.0554 e. The van der Waals surface area contributed by atoms with Gasteiger partial charge in [0.05, 0.1) is 5.69 Å². The van der Waals surface area contributed by atoms with Gasteiger partial charge in [-0.05, 0) is 118 Å². The van der Waals surface area contributed by atoms with Crippen LogP contribution in [0.1, 0.15) is 50.8 Å². The minimum Gasteiger partial charge on any atom is -0.310 e. The van der Waals surface area contributed by atoms with Crippen LogP contribution in [0.25, 0.3) is 71.6 Å². The molecule has 0 bridgehead atoms. The first-order valence-corrected chi connectivity index (χ1v) is 26.1. The highest BCUT2D eigenvalue weighted by Gasteiger charge is 2.19. The molecule has 0 atom stereocenters. The smallest absolute Gasteiger partial charge is 0.0554 e. The summed E-state index contributed by atoms with van der Waals surface area (Å²) < 4.78 is 8.08. The Morgan fingerprint density at radius 1 is 0.382 bits per heavy atom. The predicted octanol–water partition coefficient (Wildman–Crippen LogP) is 21.2. The van der Waals surface area contributed by atoms with Crippen LogP contribution in [0.4, 0.5) is 17.1 Å². The summed E-state index contributed by atoms with van der Waals surface area (Å²) in [5, 5.41) is 8.10. The minimum atomic E-state index is 1.16. The summed E-state index contributed by atoms with van der Waals surface area (Å²) in [4.78, 5) is 2.42. The standard InChI is InChI=1S/C31H21NS2.C13H10S.C13H12.C5H10.C2H6/c1-20-14-17-28-25(18-20)31-26(11-7-13-29(31)33-28)32(21-8-3-2-4-9-21)22-15-16-24-23-10-5-6-12-27(23)34-30(24)19-22;1-9-6-7-13-11(8-9)10-4-2-3-5-12(10)14-13;1-11-7-9-13(10-8-11)12-5-3-2-4-6-12;1-3-5-4-2;1-2/h2-19H,1H3;2-8H,1H3;2-10H,1H3;3,5H,4H2,1-2H3;1-2H3/b;;;5-3-;. The Bertz CT molecular complexity index is 3560. The molecule has 0 aliphatic rings. The van der Waals surface area contributed by atoms with E-state index in [2.05, 4.69) is 245 Å². The van der Waals surface area contributed by atoms with Crippen molar-refractivity contribution >= 4 is 112 Å². The molecule has 1 nitrogen and oxygen atoms in total. The molecule has 0 unspecified atom stereocenters. The number of fused-ring (bicyclic) bond motifs is 9. The Kier molecular flexibility index (Phi) is 16.0. The molecule has 0 spiro atoms. The maximum absolute atomic E-state index is 2.42. The average Bonchev–Trinajstić information content (AvgIpc) is 4.07. The lowest BCUT2D eigenvalue weighted by molar-refractivity contribution is 1.22. The third kappa shape index (κ3) is 10.8. The number of thiophene rings is 3. The van der Waals surface area contributed by atoms with Crippen molar-refractivity contribution < 1.29 is 0 Å². The molecule has 0 saturated heterocycles. The Morgan fingerprint density at radius 3 is 1.50 bits per heavy atom. The van der Waals surface area contributed by atoms with Crippen LogP contribution in [0.3, 0.4) is 0 Å². The van der Waals surface area contributed by atoms with Gasteiger partial charge in [-0.1, -0.05) is 183 Å². The first kappa shape index (κ1) is 47.7. The molecule has 0 N–H and O–H groups in total. The van der Waals surface area contributed by atoms with E-state index in [9.17, 15) is 0 Å². The van der Waals surface area contributed by atoms with E-state index in [0.29, 0.717) is 0 Å². The molecule has 12 aromatic rings. The molecule has 0 aliphatic carbocycles. The van der Waals surface area contributed by atoms with Gasteiger partial charge in [0.2, 0.25) is 0 Å². The van der Waals surface area contributed by atoms with E-state index < -0.39 is 0 Å². The maximum atomic E-state index is 2.42. The van der Waals surface area contributed by atoms with Gasteiger partial charge >= 0.3 is 0 Å². The van der Waals surface area contributed by atoms with Gasteiger partial charge in [-0.15, -0.1) is 34.0 Å². The quantitative estimate of drug-likeness (QED) is 0.155. The zero-order valence-electron chi connectivity index (χ0n) is 40.2. The number of anilines is 3. The largest absolute Gasteiger partial charge is 0.310 e. The van der Waals surface area contributed by atoms with Gasteiger partial charge < -0.3 is 4.90 Å². The van der Waals surface area contributed by atoms with Crippen molar-refractivity contribution in [2.45, 2.75) is 54.9 Å². The third-order valence-corrected chi connectivity index (χ3v) is 15.1. The lowest BCUT2D eigenvalue weighted by Gasteiger charge is -2.26. The number of hydrogen-bond acceptors (Lipinski definition) is 4. The summed E-state index contributed by atoms with van der Waals surface area (Å²) in [7, 11) is 0. The normalized spacial score (nSPS) is 10.9. The van der Waals surface area contributed by atoms with Gasteiger partial charge in [0, 0.05) is 71.9 Å². The second-order valence-electron chi connectivity index (χ2n) is 16.5. The highest BCUT2D eigenvalue weighted by atomic mass is 32.1. The van der Waals surface area contributed by atoms with Crippen molar-refractivity contribution in [3.05, 3.63) is 235 Å². The van der Waals surface area contributed by atoms with E-state index in [4.69, 9.17) is 0 Å². The van der Waals surface area contributed by atoms with Gasteiger partial charge in [0.25, 0.3) is 0 Å². The molecule has 3 aromatic heterocycles. The SMILES string of the molecule is C/C=C\CC.CC.Cc1ccc(-c2ccccc2)cc1.Cc1ccc2sc3cccc(N(c4ccccc4)c4ccc5c(c4)sc4ccccc45)c3c2c1.Cc1ccc2sc3ccccc3c2c1. The van der Waals surface area contributed by atoms with E-state index in [-0.39, 0.29) is 0 Å². The fourth-order valence-electron chi connectivity index (χ4n) is 8.42. The molecule has 68 heavy (non-hydrogen) atoms. The molecular formula is C64H59NS3. The molecule has 4 heteroatoms. The summed E-state index contributed by atoms with van der Waals surface area (Å²) in [6, 6.07) is 74.1. The van der Waals surface area contributed by atoms with Crippen LogP contribution in [0.15, 0.2) is 218 Å². The van der Waals surface area contributed by atoms with Crippen molar-refractivity contribution in [1.82, 2.24) is 0 Å². The van der Waals surface area contributed by atoms with Crippen molar-refractivity contribution in [2.24, 2.45) is 0 Å². The van der Waals surface area contributed by atoms with E-state index in [1.807, 2.05) is 60.8 Å². The molecule has 9 aromatic carbocycles. The molecular weight excluding hydrogens is 879 g/mol. The van der Waals surface area contributed by atoms with Crippen LogP contribution in [0, 0.1) is 20.8 Å². The summed E-state index contributed by atoms with van der Waals surface area (Å²) in [5.74, 6) is 0. The lowest BCUT2D eigenvalue weighted by atomic mass is 10.0. The average molecular weight is 938 g/mol. The van der Waals surface area contributed by atoms with Gasteiger partial charge in [0.1, 0.15) is 0 Å². The Balaban J connectivity index is 0.000000150. The molecule has 12 rings (SSSR count). The van der Waals surface area contributed by atoms with E-state index in [1.54, 1.807) is 0 Å². The van der Waals surface area contributed by atoms with Gasteiger partial charge in [-0.3, -0.25) is 0 Å². The fraction of sp³-hybridized carbons (Fsp3) is 0.125. The van der Waals surface area contributed by atoms with E-state index in [0.717, 1.165) is 6.42 Å². The Labute approximate surface area is 414 Å². The first-order valence-electron chi connectivity index (χ1n) is 23.7. The highest BCUT2D eigenvalue weighted by molar-refractivity contribution is 7.26. The van der Waals surface area contributed by atoms with Crippen LogP contribution in [-0.2, 0) is 0 Å². The number of para-hydroxylation sites is 1. The van der Waals surface area contributed by atoms with Crippen molar-refractivity contribution in [3.8, 4) is 11.1 Å². The monoisotopic (exact) mass is 937 g/mol. The summed E-state index contributed by atoms with van der Waals surface area (Å²) in [6.07, 6.45) is 5.34. The first-order chi connectivity index (χ1) is 33.4. The second kappa shape index (κ2) is 22.8. The Morgan fingerprint density at radius 2 is 0.868 bits per heavy atom. The third-order valence-electron chi connectivity index (χ3n) is 11.7. The van der Waals surface area contributed by atoms with Gasteiger partial charge in [-0.25, -0.2) is 0 Å². The molecule has 3 heterocycles. The molecule has 0 aliphatic heterocycles. The Hall–Kier alpha value is -6.82. The number of rotatable bonds is 5. The molecule has 0 amide bonds. The van der Waals surface area contributed by atoms with Crippen molar-refractivity contribution in [2.75, 3.05) is 4.90 Å². The lowest BCUT2D eigenvalue weighted by Crippen LogP contribution is -2.10. The van der Waals surface area contributed by atoms with Gasteiger partial charge in [0.15, 0.2) is 0 Å². The fourth-order valence-corrected chi connectivity index (χ4v) is 11.8. The summed E-state index contributed by atoms with van der Waals surface area (Å²) in [5.41, 5.74) is 10.1. The zero-order valence-corrected chi connectivity index (χ0v) is 42.6. The van der Waals surface area contributed by atoms with Gasteiger partial charge in [-0.2, -0.15) is 0 Å². The predicted molar refractivity (Wildman–Crippen MR) is 309 cm³/mol. The molecule has 338 valence electrons. The highest BCUT2D eigenvalue weighted by Crippen LogP contribution is 2.46. The van der Waals surface area contributed by atoms with E-state index >= 15 is 0 Å². The van der Waals surface area contributed by atoms with Crippen LogP contribution in [0.5, 0.6) is 0 Å². The summed E-state index contributed by atoms with van der Waals surface area (Å²) in [6.45, 7) is 14.6. The second-order valence-corrected chi connectivity index (χ2v) is 19.8. The minimum absolute atomic E-state index is 1.16. The molecule has 0 fully saturated rings. The number of benzene rings is 9. The van der Waals surface area contributed by atoms with Crippen molar-refractivity contribution in [3.63, 3.8) is 0 Å². The van der Waals surface area contributed by atoms with Crippen molar-refractivity contribution in [1.29, 1.82) is 0 Å². The van der Waals surface area contributed by atoms with Crippen LogP contribution < -0.4 is 4.90 Å². The number of allylic oxidation sites excluding steroid dienone is 2. The van der Waals surface area contributed by atoms with Crippen LogP contribution in [0.2, 0.25) is 0 Å². The van der Waals surface area contributed by atoms with Crippen LogP contribution in [-0.4, -0.2) is 0 Å². The number of hydrogen-bond donors (Lipinski definition) is 0. The molecule has 0 saturated carbocycles. The topological polar surface area (TPSA) is 3.24 Å². The zero-order chi connectivity index (χ0) is 47.4. The van der Waals surface area contributed by atoms with E-state index in [1.165, 1.54) is 105 Å². The number of aryl methyl sites for hydroxylation is 3. The summed E-state index contributed by atoms with van der Waals surface area (Å²) >= 11 is 5.61. The molecule has 0 radical (unpaired) electrons. The van der Waals surface area contributed by atoms with Crippen LogP contribution >= 0.6 is 34.0 Å².